The summed E-state index contributed by atoms with van der Waals surface area (Å²) in [4.78, 5) is 45.6. The van der Waals surface area contributed by atoms with Gasteiger partial charge in [0.15, 0.2) is 0 Å². The number of rotatable bonds is 13. The molecule has 1 unspecified atom stereocenters. The van der Waals surface area contributed by atoms with Gasteiger partial charge in [0.05, 0.1) is 7.11 Å². The van der Waals surface area contributed by atoms with Crippen molar-refractivity contribution in [2.75, 3.05) is 19.4 Å². The lowest BCUT2D eigenvalue weighted by Crippen LogP contribution is -2.49. The van der Waals surface area contributed by atoms with Gasteiger partial charge in [-0.25, -0.2) is 0 Å². The first-order valence-electron chi connectivity index (χ1n) is 8.70. The standard InChI is InChI=1S/C18H25N3O7S/c1-28-12-4-2-11(3-5-12)9-29-10-14(17(25)20-8-16(23)24)21-15(22)7-6-13(19)18(26)27/h2-5,13-14H,6-10,19H2,1H3,(H,20,25)(H,21,22)(H,23,24)(H,26,27)/t13-,14?/m0/s1. The van der Waals surface area contributed by atoms with Crippen molar-refractivity contribution < 1.29 is 34.1 Å². The van der Waals surface area contributed by atoms with Gasteiger partial charge in [0.2, 0.25) is 11.8 Å². The number of hydrogen-bond acceptors (Lipinski definition) is 7. The predicted octanol–water partition coefficient (Wildman–Crippen LogP) is -0.194. The first kappa shape index (κ1) is 24.2. The molecule has 160 valence electrons. The summed E-state index contributed by atoms with van der Waals surface area (Å²) in [6, 6.07) is 5.21. The molecule has 0 aliphatic carbocycles. The smallest absolute Gasteiger partial charge is 0.322 e. The van der Waals surface area contributed by atoms with Gasteiger partial charge >= 0.3 is 11.9 Å². The molecule has 10 nitrogen and oxygen atoms in total. The molecule has 6 N–H and O–H groups in total. The van der Waals surface area contributed by atoms with Gasteiger partial charge in [-0.2, -0.15) is 11.8 Å². The lowest BCUT2D eigenvalue weighted by atomic mass is 10.1. The summed E-state index contributed by atoms with van der Waals surface area (Å²) >= 11 is 1.38. The molecule has 1 aromatic rings. The molecule has 0 bridgehead atoms. The number of amides is 2. The maximum atomic E-state index is 12.2. The van der Waals surface area contributed by atoms with Crippen LogP contribution in [0.25, 0.3) is 0 Å². The second-order valence-corrected chi connectivity index (χ2v) is 7.11. The molecule has 0 aromatic heterocycles. The summed E-state index contributed by atoms with van der Waals surface area (Å²) in [5.74, 6) is -2.12. The minimum atomic E-state index is -1.22. The van der Waals surface area contributed by atoms with Gasteiger partial charge < -0.3 is 31.3 Å². The molecule has 11 heteroatoms. The second kappa shape index (κ2) is 12.6. The molecule has 0 spiro atoms. The summed E-state index contributed by atoms with van der Waals surface area (Å²) in [5.41, 5.74) is 6.35. The number of aliphatic carboxylic acids is 2. The summed E-state index contributed by atoms with van der Waals surface area (Å²) < 4.78 is 5.09. The van der Waals surface area contributed by atoms with E-state index in [-0.39, 0.29) is 18.6 Å². The normalized spacial score (nSPS) is 12.5. The maximum Gasteiger partial charge on any atom is 0.322 e. The van der Waals surface area contributed by atoms with E-state index in [0.29, 0.717) is 5.75 Å². The van der Waals surface area contributed by atoms with Crippen LogP contribution in [0.5, 0.6) is 5.75 Å². The van der Waals surface area contributed by atoms with Crippen molar-refractivity contribution in [2.45, 2.75) is 30.7 Å². The van der Waals surface area contributed by atoms with Crippen LogP contribution in [0.15, 0.2) is 24.3 Å². The van der Waals surface area contributed by atoms with Crippen LogP contribution in [0.3, 0.4) is 0 Å². The number of thioether (sulfide) groups is 1. The minimum absolute atomic E-state index is 0.0797. The zero-order valence-corrected chi connectivity index (χ0v) is 16.7. The van der Waals surface area contributed by atoms with E-state index in [1.54, 1.807) is 19.2 Å². The van der Waals surface area contributed by atoms with Gasteiger partial charge in [-0.1, -0.05) is 12.1 Å². The Morgan fingerprint density at radius 3 is 2.38 bits per heavy atom. The van der Waals surface area contributed by atoms with Crippen molar-refractivity contribution in [1.29, 1.82) is 0 Å². The van der Waals surface area contributed by atoms with Crippen molar-refractivity contribution in [3.8, 4) is 5.75 Å². The van der Waals surface area contributed by atoms with Gasteiger partial charge in [0.25, 0.3) is 0 Å². The van der Waals surface area contributed by atoms with Crippen LogP contribution < -0.4 is 21.1 Å². The van der Waals surface area contributed by atoms with E-state index in [1.165, 1.54) is 11.8 Å². The van der Waals surface area contributed by atoms with Gasteiger partial charge in [0, 0.05) is 17.9 Å². The van der Waals surface area contributed by atoms with E-state index in [2.05, 4.69) is 10.6 Å². The largest absolute Gasteiger partial charge is 0.497 e. The van der Waals surface area contributed by atoms with Crippen LogP contribution in [-0.2, 0) is 24.9 Å². The van der Waals surface area contributed by atoms with Crippen LogP contribution in [0.2, 0.25) is 0 Å². The van der Waals surface area contributed by atoms with Crippen LogP contribution in [0, 0.1) is 0 Å². The number of benzene rings is 1. The topological polar surface area (TPSA) is 168 Å². The molecule has 0 aliphatic rings. The van der Waals surface area contributed by atoms with Crippen LogP contribution in [0.1, 0.15) is 18.4 Å². The van der Waals surface area contributed by atoms with E-state index in [4.69, 9.17) is 20.7 Å². The highest BCUT2D eigenvalue weighted by Gasteiger charge is 2.22. The van der Waals surface area contributed by atoms with Crippen LogP contribution >= 0.6 is 11.8 Å². The fourth-order valence-corrected chi connectivity index (χ4v) is 3.18. The average molecular weight is 427 g/mol. The Labute approximate surface area is 172 Å². The number of carbonyl (C=O) groups is 4. The Hall–Kier alpha value is -2.79. The zero-order chi connectivity index (χ0) is 21.8. The Morgan fingerprint density at radius 2 is 1.83 bits per heavy atom. The lowest BCUT2D eigenvalue weighted by Gasteiger charge is -2.18. The number of carboxylic acid groups (broad SMARTS) is 2. The van der Waals surface area contributed by atoms with E-state index in [1.807, 2.05) is 12.1 Å². The third kappa shape index (κ3) is 9.81. The van der Waals surface area contributed by atoms with E-state index >= 15 is 0 Å². The quantitative estimate of drug-likeness (QED) is 0.286. The number of carbonyl (C=O) groups excluding carboxylic acids is 2. The Balaban J connectivity index is 2.61. The Kier molecular flexibility index (Phi) is 10.6. The molecule has 1 aromatic carbocycles. The van der Waals surface area contributed by atoms with Crippen molar-refractivity contribution in [3.05, 3.63) is 29.8 Å². The third-order valence-corrected chi connectivity index (χ3v) is 4.88. The monoisotopic (exact) mass is 427 g/mol. The maximum absolute atomic E-state index is 12.2. The van der Waals surface area contributed by atoms with Crippen molar-refractivity contribution in [3.63, 3.8) is 0 Å². The van der Waals surface area contributed by atoms with Gasteiger partial charge in [-0.05, 0) is 24.1 Å². The van der Waals surface area contributed by atoms with Crippen molar-refractivity contribution in [1.82, 2.24) is 10.6 Å². The fourth-order valence-electron chi connectivity index (χ4n) is 2.16. The molecule has 2 amide bonds. The molecule has 29 heavy (non-hydrogen) atoms. The molecule has 0 fully saturated rings. The predicted molar refractivity (Wildman–Crippen MR) is 107 cm³/mol. The van der Waals surface area contributed by atoms with Gasteiger partial charge in [-0.15, -0.1) is 0 Å². The fraction of sp³-hybridized carbons (Fsp3) is 0.444. The molecule has 0 saturated carbocycles. The summed E-state index contributed by atoms with van der Waals surface area (Å²) in [6.07, 6.45) is -0.247. The van der Waals surface area contributed by atoms with Crippen LogP contribution in [0.4, 0.5) is 0 Å². The Morgan fingerprint density at radius 1 is 1.17 bits per heavy atom. The molecule has 1 rings (SSSR count). The number of hydrogen-bond donors (Lipinski definition) is 5. The third-order valence-electron chi connectivity index (χ3n) is 3.78. The van der Waals surface area contributed by atoms with E-state index in [0.717, 1.165) is 11.3 Å². The summed E-state index contributed by atoms with van der Waals surface area (Å²) in [5, 5.41) is 22.2. The molecular formula is C18H25N3O7S. The van der Waals surface area contributed by atoms with Crippen molar-refractivity contribution in [2.24, 2.45) is 5.73 Å². The molecular weight excluding hydrogens is 402 g/mol. The Bertz CT molecular complexity index is 712. The zero-order valence-electron chi connectivity index (χ0n) is 15.9. The minimum Gasteiger partial charge on any atom is -0.497 e. The number of nitrogens with one attached hydrogen (secondary N) is 2. The lowest BCUT2D eigenvalue weighted by molar-refractivity contribution is -0.139. The molecule has 0 aliphatic heterocycles. The number of nitrogens with two attached hydrogens (primary N) is 1. The second-order valence-electron chi connectivity index (χ2n) is 6.08. The highest BCUT2D eigenvalue weighted by molar-refractivity contribution is 7.98. The first-order chi connectivity index (χ1) is 13.7. The van der Waals surface area contributed by atoms with E-state index in [9.17, 15) is 19.2 Å². The first-order valence-corrected chi connectivity index (χ1v) is 9.86. The highest BCUT2D eigenvalue weighted by atomic mass is 32.2. The summed E-state index contributed by atoms with van der Waals surface area (Å²) in [7, 11) is 1.57. The SMILES string of the molecule is COc1ccc(CSCC(NC(=O)CC[C@H](N)C(=O)O)C(=O)NCC(=O)O)cc1. The summed E-state index contributed by atoms with van der Waals surface area (Å²) in [6.45, 7) is -0.571. The molecule has 0 saturated heterocycles. The van der Waals surface area contributed by atoms with Crippen molar-refractivity contribution >= 4 is 35.5 Å². The van der Waals surface area contributed by atoms with Gasteiger partial charge in [-0.3, -0.25) is 19.2 Å². The number of methoxy groups -OCH3 is 1. The average Bonchev–Trinajstić information content (AvgIpc) is 2.69. The van der Waals surface area contributed by atoms with E-state index < -0.39 is 42.4 Å². The molecule has 0 heterocycles. The van der Waals surface area contributed by atoms with Crippen LogP contribution in [-0.4, -0.2) is 65.5 Å². The number of ether oxygens (including phenoxy) is 1. The van der Waals surface area contributed by atoms with Gasteiger partial charge in [0.1, 0.15) is 24.4 Å². The number of carboxylic acids is 2. The highest BCUT2D eigenvalue weighted by Crippen LogP contribution is 2.17. The molecule has 0 radical (unpaired) electrons. The molecule has 2 atom stereocenters.